The number of fused-ring (bicyclic) bond motifs is 7. The lowest BCUT2D eigenvalue weighted by Crippen LogP contribution is -2.18. The van der Waals surface area contributed by atoms with Crippen LogP contribution in [0.3, 0.4) is 0 Å². The number of benzene rings is 2. The van der Waals surface area contributed by atoms with E-state index in [4.69, 9.17) is 4.42 Å². The van der Waals surface area contributed by atoms with Crippen molar-refractivity contribution in [1.29, 1.82) is 0 Å². The highest BCUT2D eigenvalue weighted by atomic mass is 32.1. The number of rotatable bonds is 1. The van der Waals surface area contributed by atoms with Gasteiger partial charge in [0, 0.05) is 38.2 Å². The fourth-order valence-electron chi connectivity index (χ4n) is 5.56. The first kappa shape index (κ1) is 17.2. The Morgan fingerprint density at radius 2 is 1.62 bits per heavy atom. The van der Waals surface area contributed by atoms with Gasteiger partial charge in [0.15, 0.2) is 5.58 Å². The molecule has 0 amide bonds. The standard InChI is InChI=1S/C26H23NOS/c1-25(2)14-26(3,4)24-20(25)18-12-11-16-15-8-7-9-17(19-10-5-6-13-27-19)21(15)28-22(16)23(18)29-24/h5-13H,14H2,1-4H3. The van der Waals surface area contributed by atoms with Crippen LogP contribution >= 0.6 is 11.3 Å². The minimum Gasteiger partial charge on any atom is -0.454 e. The van der Waals surface area contributed by atoms with Crippen LogP contribution in [0.4, 0.5) is 0 Å². The Hall–Kier alpha value is -2.65. The molecule has 2 aromatic carbocycles. The Bertz CT molecular complexity index is 1420. The summed E-state index contributed by atoms with van der Waals surface area (Å²) in [7, 11) is 0. The number of pyridine rings is 1. The predicted molar refractivity (Wildman–Crippen MR) is 123 cm³/mol. The van der Waals surface area contributed by atoms with Crippen LogP contribution in [0, 0.1) is 0 Å². The highest BCUT2D eigenvalue weighted by Crippen LogP contribution is 2.57. The van der Waals surface area contributed by atoms with Gasteiger partial charge in [-0.2, -0.15) is 0 Å². The lowest BCUT2D eigenvalue weighted by atomic mass is 9.81. The summed E-state index contributed by atoms with van der Waals surface area (Å²) in [5.74, 6) is 0. The monoisotopic (exact) mass is 397 g/mol. The number of thiophene rings is 1. The lowest BCUT2D eigenvalue weighted by Gasteiger charge is -2.23. The first-order chi connectivity index (χ1) is 13.9. The van der Waals surface area contributed by atoms with Crippen molar-refractivity contribution in [3.05, 3.63) is 65.2 Å². The molecule has 3 heteroatoms. The molecule has 144 valence electrons. The SMILES string of the molecule is CC1(C)CC(C)(C)c2c1sc1c2ccc2c3cccc(-c4ccccn4)c3oc21. The number of aromatic nitrogens is 1. The van der Waals surface area contributed by atoms with Gasteiger partial charge in [0.1, 0.15) is 5.58 Å². The largest absolute Gasteiger partial charge is 0.454 e. The molecule has 0 saturated heterocycles. The molecule has 0 atom stereocenters. The summed E-state index contributed by atoms with van der Waals surface area (Å²) in [4.78, 5) is 6.08. The molecule has 0 N–H and O–H groups in total. The highest BCUT2D eigenvalue weighted by Gasteiger charge is 2.45. The molecule has 6 rings (SSSR count). The van der Waals surface area contributed by atoms with E-state index in [1.165, 1.54) is 32.3 Å². The second kappa shape index (κ2) is 5.48. The summed E-state index contributed by atoms with van der Waals surface area (Å²) in [6, 6.07) is 16.9. The molecule has 0 radical (unpaired) electrons. The minimum atomic E-state index is 0.190. The van der Waals surface area contributed by atoms with Gasteiger partial charge >= 0.3 is 0 Å². The van der Waals surface area contributed by atoms with Crippen LogP contribution in [0.2, 0.25) is 0 Å². The summed E-state index contributed by atoms with van der Waals surface area (Å²) < 4.78 is 7.88. The molecular weight excluding hydrogens is 374 g/mol. The van der Waals surface area contributed by atoms with Gasteiger partial charge in [-0.25, -0.2) is 0 Å². The molecule has 5 aromatic rings. The van der Waals surface area contributed by atoms with Crippen LogP contribution < -0.4 is 0 Å². The van der Waals surface area contributed by atoms with Gasteiger partial charge in [-0.1, -0.05) is 52.0 Å². The number of para-hydroxylation sites is 1. The Balaban J connectivity index is 1.72. The molecule has 0 saturated carbocycles. The third kappa shape index (κ3) is 2.25. The van der Waals surface area contributed by atoms with E-state index < -0.39 is 0 Å². The topological polar surface area (TPSA) is 26.0 Å². The summed E-state index contributed by atoms with van der Waals surface area (Å²) in [6.07, 6.45) is 3.03. The fourth-order valence-corrected chi connectivity index (χ4v) is 7.12. The average Bonchev–Trinajstić information content (AvgIpc) is 3.31. The zero-order valence-corrected chi connectivity index (χ0v) is 18.0. The summed E-state index contributed by atoms with van der Waals surface area (Å²) >= 11 is 1.93. The van der Waals surface area contributed by atoms with Gasteiger partial charge in [0.2, 0.25) is 0 Å². The van der Waals surface area contributed by atoms with E-state index in [1.54, 1.807) is 0 Å². The maximum absolute atomic E-state index is 6.59. The van der Waals surface area contributed by atoms with Gasteiger partial charge in [-0.05, 0) is 41.7 Å². The van der Waals surface area contributed by atoms with Crippen LogP contribution in [0.15, 0.2) is 59.1 Å². The minimum absolute atomic E-state index is 0.190. The molecule has 1 aliphatic carbocycles. The smallest absolute Gasteiger partial charge is 0.153 e. The van der Waals surface area contributed by atoms with E-state index in [2.05, 4.69) is 63.0 Å². The van der Waals surface area contributed by atoms with E-state index in [9.17, 15) is 0 Å². The van der Waals surface area contributed by atoms with Crippen LogP contribution in [0.25, 0.3) is 43.3 Å². The quantitative estimate of drug-likeness (QED) is 0.288. The normalized spacial score (nSPS) is 17.4. The second-order valence-electron chi connectivity index (χ2n) is 9.57. The van der Waals surface area contributed by atoms with Crippen molar-refractivity contribution in [3.8, 4) is 11.3 Å². The van der Waals surface area contributed by atoms with Gasteiger partial charge in [-0.3, -0.25) is 4.98 Å². The Morgan fingerprint density at radius 3 is 2.41 bits per heavy atom. The van der Waals surface area contributed by atoms with E-state index in [0.29, 0.717) is 0 Å². The van der Waals surface area contributed by atoms with Crippen molar-refractivity contribution in [2.24, 2.45) is 0 Å². The fraction of sp³-hybridized carbons (Fsp3) is 0.269. The van der Waals surface area contributed by atoms with Crippen LogP contribution in [-0.4, -0.2) is 4.98 Å². The van der Waals surface area contributed by atoms with Crippen molar-refractivity contribution in [2.45, 2.75) is 44.9 Å². The van der Waals surface area contributed by atoms with Gasteiger partial charge in [0.05, 0.1) is 10.4 Å². The Morgan fingerprint density at radius 1 is 0.828 bits per heavy atom. The molecule has 0 spiro atoms. The number of hydrogen-bond acceptors (Lipinski definition) is 3. The Kier molecular flexibility index (Phi) is 3.26. The lowest BCUT2D eigenvalue weighted by molar-refractivity contribution is 0.406. The van der Waals surface area contributed by atoms with Crippen LogP contribution in [-0.2, 0) is 10.8 Å². The van der Waals surface area contributed by atoms with Crippen molar-refractivity contribution in [2.75, 3.05) is 0 Å². The van der Waals surface area contributed by atoms with Crippen molar-refractivity contribution < 1.29 is 4.42 Å². The summed E-state index contributed by atoms with van der Waals surface area (Å²) in [6.45, 7) is 9.53. The molecule has 0 bridgehead atoms. The number of nitrogens with zero attached hydrogens (tertiary/aromatic N) is 1. The van der Waals surface area contributed by atoms with Crippen molar-refractivity contribution in [3.63, 3.8) is 0 Å². The molecule has 3 aromatic heterocycles. The maximum Gasteiger partial charge on any atom is 0.153 e. The first-order valence-corrected chi connectivity index (χ1v) is 11.0. The van der Waals surface area contributed by atoms with Crippen molar-refractivity contribution in [1.82, 2.24) is 4.98 Å². The zero-order valence-electron chi connectivity index (χ0n) is 17.2. The highest BCUT2D eigenvalue weighted by molar-refractivity contribution is 7.20. The molecule has 3 heterocycles. The number of hydrogen-bond donors (Lipinski definition) is 0. The molecule has 1 aliphatic rings. The first-order valence-electron chi connectivity index (χ1n) is 10.2. The van der Waals surface area contributed by atoms with Gasteiger partial charge in [0.25, 0.3) is 0 Å². The van der Waals surface area contributed by atoms with E-state index in [-0.39, 0.29) is 10.8 Å². The predicted octanol–water partition coefficient (Wildman–Crippen LogP) is 7.82. The third-order valence-electron chi connectivity index (χ3n) is 6.44. The molecule has 0 unspecified atom stereocenters. The molecule has 0 fully saturated rings. The van der Waals surface area contributed by atoms with Gasteiger partial charge < -0.3 is 4.42 Å². The van der Waals surface area contributed by atoms with E-state index in [0.717, 1.165) is 27.8 Å². The van der Waals surface area contributed by atoms with E-state index in [1.807, 2.05) is 35.7 Å². The zero-order chi connectivity index (χ0) is 20.0. The molecular formula is C26H23NOS. The number of furan rings is 1. The van der Waals surface area contributed by atoms with Crippen LogP contribution in [0.1, 0.15) is 44.6 Å². The maximum atomic E-state index is 6.59. The van der Waals surface area contributed by atoms with E-state index >= 15 is 0 Å². The third-order valence-corrected chi connectivity index (χ3v) is 8.01. The van der Waals surface area contributed by atoms with Gasteiger partial charge in [-0.15, -0.1) is 11.3 Å². The molecule has 2 nitrogen and oxygen atoms in total. The Labute approximate surface area is 174 Å². The second-order valence-corrected chi connectivity index (χ2v) is 10.6. The van der Waals surface area contributed by atoms with Crippen molar-refractivity contribution >= 4 is 43.4 Å². The van der Waals surface area contributed by atoms with Crippen LogP contribution in [0.5, 0.6) is 0 Å². The average molecular weight is 398 g/mol. The molecule has 29 heavy (non-hydrogen) atoms. The summed E-state index contributed by atoms with van der Waals surface area (Å²) in [5.41, 5.74) is 5.87. The molecule has 0 aliphatic heterocycles. The summed E-state index contributed by atoms with van der Waals surface area (Å²) in [5, 5.41) is 3.73.